The molecule has 0 aliphatic carbocycles. The summed E-state index contributed by atoms with van der Waals surface area (Å²) in [4.78, 5) is 3.75. The molecule has 0 fully saturated rings. The fourth-order valence-corrected chi connectivity index (χ4v) is 9.15. The normalized spacial score (nSPS) is 11.1. The van der Waals surface area contributed by atoms with Crippen molar-refractivity contribution >= 4 is 34.1 Å². The Kier molecular flexibility index (Phi) is 7.32. The van der Waals surface area contributed by atoms with Crippen LogP contribution >= 0.6 is 7.26 Å². The fraction of sp³-hybridized carbons (Fsp3) is 0.100. The molecule has 0 aliphatic rings. The Hall–Kier alpha value is -3.18. The lowest BCUT2D eigenvalue weighted by atomic mass is 10.1. The second-order valence-electron chi connectivity index (χ2n) is 8.28. The highest BCUT2D eigenvalue weighted by Crippen LogP contribution is 2.58. The van der Waals surface area contributed by atoms with Gasteiger partial charge in [-0.2, -0.15) is 5.26 Å². The third-order valence-corrected chi connectivity index (χ3v) is 10.8. The summed E-state index contributed by atoms with van der Waals surface area (Å²) in [5.41, 5.74) is 4.40. The summed E-state index contributed by atoms with van der Waals surface area (Å²) in [6, 6.07) is 41.2. The van der Waals surface area contributed by atoms with Gasteiger partial charge in [0.25, 0.3) is 0 Å². The third-order valence-electron chi connectivity index (χ3n) is 6.46. The topological polar surface area (TPSA) is 39.6 Å². The SMILES string of the molecule is CCc1c(C[P+](c2ccccc2)(c2ccccc2)c2ccccc2)[nH]c2ccc(C#N)cc12.[Br-]. The highest BCUT2D eigenvalue weighted by Gasteiger charge is 2.46. The number of aryl methyl sites for hydroxylation is 1. The minimum atomic E-state index is -1.99. The van der Waals surface area contributed by atoms with E-state index in [1.807, 2.05) is 18.2 Å². The van der Waals surface area contributed by atoms with Gasteiger partial charge in [-0.3, -0.25) is 0 Å². The zero-order chi connectivity index (χ0) is 22.7. The molecule has 1 N–H and O–H groups in total. The zero-order valence-corrected chi connectivity index (χ0v) is 21.6. The second kappa shape index (κ2) is 10.4. The lowest BCUT2D eigenvalue weighted by molar-refractivity contribution is -0.00000675. The summed E-state index contributed by atoms with van der Waals surface area (Å²) >= 11 is 0. The first-order valence-corrected chi connectivity index (χ1v) is 13.3. The first-order valence-electron chi connectivity index (χ1n) is 11.3. The van der Waals surface area contributed by atoms with Gasteiger partial charge in [-0.05, 0) is 66.6 Å². The third kappa shape index (κ3) is 4.21. The Labute approximate surface area is 212 Å². The number of nitrogens with one attached hydrogen (secondary N) is 1. The molecule has 168 valence electrons. The van der Waals surface area contributed by atoms with Gasteiger partial charge in [-0.25, -0.2) is 0 Å². The van der Waals surface area contributed by atoms with Gasteiger partial charge in [0.2, 0.25) is 0 Å². The standard InChI is InChI=1S/C30H26N2P.BrH/c1-2-27-28-20-23(21-31)18-19-29(28)32-30(27)22-33(24-12-6-3-7-13-24,25-14-8-4-9-15-25)26-16-10-5-11-17-26;/h3-20,32H,2,22H2,1H3;1H/q+1;/p-1. The van der Waals surface area contributed by atoms with Crippen LogP contribution in [0.4, 0.5) is 0 Å². The van der Waals surface area contributed by atoms with Gasteiger partial charge in [0.15, 0.2) is 0 Å². The molecule has 4 heteroatoms. The van der Waals surface area contributed by atoms with Crippen molar-refractivity contribution < 1.29 is 17.0 Å². The largest absolute Gasteiger partial charge is 1.00 e. The summed E-state index contributed by atoms with van der Waals surface area (Å²) in [5, 5.41) is 14.7. The van der Waals surface area contributed by atoms with Gasteiger partial charge in [0.1, 0.15) is 29.3 Å². The number of H-pyrrole nitrogens is 1. The highest BCUT2D eigenvalue weighted by molar-refractivity contribution is 7.95. The van der Waals surface area contributed by atoms with Crippen molar-refractivity contribution in [3.8, 4) is 6.07 Å². The average molecular weight is 525 g/mol. The van der Waals surface area contributed by atoms with Crippen molar-refractivity contribution in [3.05, 3.63) is 126 Å². The zero-order valence-electron chi connectivity index (χ0n) is 19.1. The highest BCUT2D eigenvalue weighted by atomic mass is 79.9. The summed E-state index contributed by atoms with van der Waals surface area (Å²) < 4.78 is 0. The molecule has 0 saturated heterocycles. The molecule has 1 heterocycles. The number of nitriles is 1. The van der Waals surface area contributed by atoms with E-state index in [2.05, 4.69) is 109 Å². The monoisotopic (exact) mass is 524 g/mol. The number of aromatic nitrogens is 1. The number of aromatic amines is 1. The molecule has 0 radical (unpaired) electrons. The molecule has 0 aliphatic heterocycles. The van der Waals surface area contributed by atoms with Crippen LogP contribution in [0.5, 0.6) is 0 Å². The van der Waals surface area contributed by atoms with Crippen LogP contribution in [0.2, 0.25) is 0 Å². The molecule has 0 spiro atoms. The molecule has 0 amide bonds. The molecule has 0 atom stereocenters. The van der Waals surface area contributed by atoms with E-state index in [0.29, 0.717) is 5.56 Å². The van der Waals surface area contributed by atoms with Gasteiger partial charge in [0, 0.05) is 10.9 Å². The predicted octanol–water partition coefficient (Wildman–Crippen LogP) is 3.10. The lowest BCUT2D eigenvalue weighted by Crippen LogP contribution is -3.00. The van der Waals surface area contributed by atoms with Gasteiger partial charge in [-0.1, -0.05) is 61.5 Å². The predicted molar refractivity (Wildman–Crippen MR) is 141 cm³/mol. The Balaban J connectivity index is 0.00000274. The minimum absolute atomic E-state index is 0. The van der Waals surface area contributed by atoms with E-state index in [0.717, 1.165) is 18.1 Å². The van der Waals surface area contributed by atoms with Crippen molar-refractivity contribution in [1.82, 2.24) is 4.98 Å². The van der Waals surface area contributed by atoms with Crippen LogP contribution in [0.1, 0.15) is 23.7 Å². The van der Waals surface area contributed by atoms with Gasteiger partial charge >= 0.3 is 0 Å². The maximum atomic E-state index is 9.45. The maximum absolute atomic E-state index is 9.45. The number of rotatable bonds is 6. The quantitative estimate of drug-likeness (QED) is 0.340. The van der Waals surface area contributed by atoms with E-state index in [9.17, 15) is 5.26 Å². The Morgan fingerprint density at radius 1 is 0.735 bits per heavy atom. The molecule has 2 nitrogen and oxygen atoms in total. The molecule has 0 saturated carbocycles. The van der Waals surface area contributed by atoms with Gasteiger partial charge in [-0.15, -0.1) is 0 Å². The summed E-state index contributed by atoms with van der Waals surface area (Å²) in [5.74, 6) is 0. The second-order valence-corrected chi connectivity index (χ2v) is 11.8. The first-order chi connectivity index (χ1) is 16.3. The van der Waals surface area contributed by atoms with Crippen molar-refractivity contribution in [2.75, 3.05) is 0 Å². The van der Waals surface area contributed by atoms with Crippen molar-refractivity contribution in [2.24, 2.45) is 0 Å². The van der Waals surface area contributed by atoms with Crippen LogP contribution in [0.25, 0.3) is 10.9 Å². The Morgan fingerprint density at radius 2 is 1.24 bits per heavy atom. The molecule has 34 heavy (non-hydrogen) atoms. The van der Waals surface area contributed by atoms with Crippen LogP contribution in [-0.4, -0.2) is 4.98 Å². The minimum Gasteiger partial charge on any atom is -1.00 e. The van der Waals surface area contributed by atoms with E-state index in [-0.39, 0.29) is 17.0 Å². The van der Waals surface area contributed by atoms with E-state index >= 15 is 0 Å². The molecular weight excluding hydrogens is 499 g/mol. The number of fused-ring (bicyclic) bond motifs is 1. The number of nitrogens with zero attached hydrogens (tertiary/aromatic N) is 1. The van der Waals surface area contributed by atoms with Crippen molar-refractivity contribution in [2.45, 2.75) is 19.5 Å². The van der Waals surface area contributed by atoms with E-state index < -0.39 is 7.26 Å². The van der Waals surface area contributed by atoms with Crippen LogP contribution in [-0.2, 0) is 12.6 Å². The van der Waals surface area contributed by atoms with Crippen LogP contribution in [0.15, 0.2) is 109 Å². The number of benzene rings is 4. The summed E-state index contributed by atoms with van der Waals surface area (Å²) in [6.07, 6.45) is 1.83. The van der Waals surface area contributed by atoms with E-state index in [1.165, 1.54) is 32.6 Å². The van der Waals surface area contributed by atoms with Gasteiger partial charge < -0.3 is 22.0 Å². The van der Waals surface area contributed by atoms with Crippen molar-refractivity contribution in [3.63, 3.8) is 0 Å². The summed E-state index contributed by atoms with van der Waals surface area (Å²) in [6.45, 7) is 2.21. The van der Waals surface area contributed by atoms with E-state index in [4.69, 9.17) is 0 Å². The molecule has 5 rings (SSSR count). The Morgan fingerprint density at radius 3 is 1.68 bits per heavy atom. The molecule has 4 aromatic carbocycles. The number of halogens is 1. The Bertz CT molecular complexity index is 1320. The summed E-state index contributed by atoms with van der Waals surface area (Å²) in [7, 11) is -1.99. The van der Waals surface area contributed by atoms with Gasteiger partial charge in [0.05, 0.1) is 17.3 Å². The molecule has 0 bridgehead atoms. The van der Waals surface area contributed by atoms with E-state index in [1.54, 1.807) is 0 Å². The molecule has 5 aromatic rings. The fourth-order valence-electron chi connectivity index (χ4n) is 4.92. The van der Waals surface area contributed by atoms with Crippen molar-refractivity contribution in [1.29, 1.82) is 5.26 Å². The van der Waals surface area contributed by atoms with Crippen LogP contribution in [0, 0.1) is 11.3 Å². The first kappa shape index (κ1) is 24.0. The average Bonchev–Trinajstić information content (AvgIpc) is 3.24. The van der Waals surface area contributed by atoms with Crippen LogP contribution < -0.4 is 32.9 Å². The lowest BCUT2D eigenvalue weighted by Gasteiger charge is -2.27. The number of hydrogen-bond donors (Lipinski definition) is 1. The molecule has 0 unspecified atom stereocenters. The maximum Gasteiger partial charge on any atom is 0.118 e. The smallest absolute Gasteiger partial charge is 0.118 e. The molecule has 1 aromatic heterocycles. The number of hydrogen-bond acceptors (Lipinski definition) is 1. The van der Waals surface area contributed by atoms with Crippen LogP contribution in [0.3, 0.4) is 0 Å². The molecular formula is C30H26BrN2P.